The molecule has 1 heterocycles. The van der Waals surface area contributed by atoms with Gasteiger partial charge in [0.15, 0.2) is 5.78 Å². The van der Waals surface area contributed by atoms with Gasteiger partial charge in [-0.3, -0.25) is 9.59 Å². The van der Waals surface area contributed by atoms with E-state index in [4.69, 9.17) is 0 Å². The third-order valence-corrected chi connectivity index (χ3v) is 5.74. The predicted octanol–water partition coefficient (Wildman–Crippen LogP) is 4.70. The van der Waals surface area contributed by atoms with Crippen LogP contribution < -0.4 is 0 Å². The first-order valence-electron chi connectivity index (χ1n) is 11.0. The Morgan fingerprint density at radius 1 is 0.969 bits per heavy atom. The number of amides is 1. The van der Waals surface area contributed by atoms with Gasteiger partial charge in [0.1, 0.15) is 5.60 Å². The number of ketones is 1. The molecular formula is C28H27NO3. The van der Waals surface area contributed by atoms with Crippen LogP contribution in [0.4, 0.5) is 0 Å². The largest absolute Gasteiger partial charge is 0.378 e. The maximum absolute atomic E-state index is 13.2. The van der Waals surface area contributed by atoms with Gasteiger partial charge in [0.2, 0.25) is 0 Å². The number of fused-ring (bicyclic) bond motifs is 1. The van der Waals surface area contributed by atoms with Crippen LogP contribution in [0.3, 0.4) is 0 Å². The van der Waals surface area contributed by atoms with Crippen molar-refractivity contribution in [3.05, 3.63) is 83.4 Å². The molecule has 1 saturated heterocycles. The molecule has 1 N–H and O–H groups in total. The van der Waals surface area contributed by atoms with Crippen molar-refractivity contribution in [2.45, 2.75) is 32.3 Å². The lowest BCUT2D eigenvalue weighted by molar-refractivity contribution is 0.0637. The van der Waals surface area contributed by atoms with Crippen LogP contribution in [0.1, 0.15) is 53.0 Å². The highest BCUT2D eigenvalue weighted by atomic mass is 16.3. The second-order valence-electron chi connectivity index (χ2n) is 8.91. The zero-order valence-corrected chi connectivity index (χ0v) is 18.5. The van der Waals surface area contributed by atoms with Crippen molar-refractivity contribution in [2.24, 2.45) is 5.92 Å². The summed E-state index contributed by atoms with van der Waals surface area (Å²) in [6.07, 6.45) is 1.58. The average molecular weight is 426 g/mol. The van der Waals surface area contributed by atoms with Crippen molar-refractivity contribution in [2.75, 3.05) is 13.1 Å². The third-order valence-electron chi connectivity index (χ3n) is 5.74. The van der Waals surface area contributed by atoms with Crippen molar-refractivity contribution in [1.82, 2.24) is 4.90 Å². The molecule has 0 radical (unpaired) electrons. The molecular weight excluding hydrogens is 398 g/mol. The van der Waals surface area contributed by atoms with Crippen LogP contribution in [0, 0.1) is 17.8 Å². The van der Waals surface area contributed by atoms with E-state index >= 15 is 0 Å². The first-order chi connectivity index (χ1) is 15.3. The summed E-state index contributed by atoms with van der Waals surface area (Å²) in [5.74, 6) is 5.50. The molecule has 1 amide bonds. The average Bonchev–Trinajstić information content (AvgIpc) is 2.81. The Morgan fingerprint density at radius 3 is 2.53 bits per heavy atom. The molecule has 1 fully saturated rings. The maximum Gasteiger partial charge on any atom is 0.253 e. The van der Waals surface area contributed by atoms with Crippen molar-refractivity contribution in [3.63, 3.8) is 0 Å². The highest BCUT2D eigenvalue weighted by Crippen LogP contribution is 2.24. The predicted molar refractivity (Wildman–Crippen MR) is 127 cm³/mol. The molecule has 162 valence electrons. The number of hydrogen-bond acceptors (Lipinski definition) is 3. The van der Waals surface area contributed by atoms with Gasteiger partial charge in [-0.25, -0.2) is 0 Å². The SMILES string of the molecule is CC(C)(O)C#Cc1cccc(C(=O)N2CCCC(C(=O)c3ccc4ccccc4c3)C2)c1. The second kappa shape index (κ2) is 8.98. The van der Waals surface area contributed by atoms with E-state index in [9.17, 15) is 14.7 Å². The maximum atomic E-state index is 13.2. The van der Waals surface area contributed by atoms with Crippen LogP contribution in [0.2, 0.25) is 0 Å². The second-order valence-corrected chi connectivity index (χ2v) is 8.91. The number of piperidine rings is 1. The Hall–Kier alpha value is -3.42. The molecule has 0 spiro atoms. The molecule has 0 saturated carbocycles. The Morgan fingerprint density at radius 2 is 1.75 bits per heavy atom. The van der Waals surface area contributed by atoms with Gasteiger partial charge in [-0.1, -0.05) is 54.3 Å². The number of rotatable bonds is 3. The van der Waals surface area contributed by atoms with Crippen LogP contribution >= 0.6 is 0 Å². The zero-order valence-electron chi connectivity index (χ0n) is 18.5. The van der Waals surface area contributed by atoms with Gasteiger partial charge in [0, 0.05) is 35.7 Å². The van der Waals surface area contributed by atoms with Gasteiger partial charge in [0.25, 0.3) is 5.91 Å². The van der Waals surface area contributed by atoms with Crippen molar-refractivity contribution in [3.8, 4) is 11.8 Å². The number of hydrogen-bond donors (Lipinski definition) is 1. The summed E-state index contributed by atoms with van der Waals surface area (Å²) < 4.78 is 0. The smallest absolute Gasteiger partial charge is 0.253 e. The molecule has 4 nitrogen and oxygen atoms in total. The Bertz CT molecular complexity index is 1230. The fourth-order valence-electron chi connectivity index (χ4n) is 4.09. The number of benzene rings is 3. The molecule has 0 aliphatic carbocycles. The van der Waals surface area contributed by atoms with Gasteiger partial charge in [-0.2, -0.15) is 0 Å². The van der Waals surface area contributed by atoms with Crippen LogP contribution in [0.25, 0.3) is 10.8 Å². The number of carbonyl (C=O) groups excluding carboxylic acids is 2. The summed E-state index contributed by atoms with van der Waals surface area (Å²) in [6, 6.07) is 20.9. The lowest BCUT2D eigenvalue weighted by Gasteiger charge is -2.32. The molecule has 4 heteroatoms. The topological polar surface area (TPSA) is 57.6 Å². The lowest BCUT2D eigenvalue weighted by Crippen LogP contribution is -2.42. The number of carbonyl (C=O) groups is 2. The molecule has 3 aromatic rings. The van der Waals surface area contributed by atoms with E-state index in [2.05, 4.69) is 11.8 Å². The Labute approximate surface area is 188 Å². The summed E-state index contributed by atoms with van der Waals surface area (Å²) in [7, 11) is 0. The summed E-state index contributed by atoms with van der Waals surface area (Å²) in [6.45, 7) is 4.30. The van der Waals surface area contributed by atoms with Crippen LogP contribution in [-0.2, 0) is 0 Å². The van der Waals surface area contributed by atoms with E-state index in [1.807, 2.05) is 48.5 Å². The molecule has 1 unspecified atom stereocenters. The summed E-state index contributed by atoms with van der Waals surface area (Å²) >= 11 is 0. The van der Waals surface area contributed by atoms with Gasteiger partial charge in [-0.15, -0.1) is 0 Å². The van der Waals surface area contributed by atoms with Crippen molar-refractivity contribution >= 4 is 22.5 Å². The molecule has 4 rings (SSSR count). The molecule has 1 atom stereocenters. The molecule has 0 bridgehead atoms. The molecule has 0 aromatic heterocycles. The first-order valence-corrected chi connectivity index (χ1v) is 11.0. The monoisotopic (exact) mass is 425 g/mol. The lowest BCUT2D eigenvalue weighted by atomic mass is 9.89. The van der Waals surface area contributed by atoms with Crippen LogP contribution in [-0.4, -0.2) is 40.4 Å². The molecule has 32 heavy (non-hydrogen) atoms. The third kappa shape index (κ3) is 5.07. The van der Waals surface area contributed by atoms with E-state index in [1.54, 1.807) is 36.9 Å². The van der Waals surface area contributed by atoms with Crippen molar-refractivity contribution < 1.29 is 14.7 Å². The Balaban J connectivity index is 1.50. The fraction of sp³-hybridized carbons (Fsp3) is 0.286. The first kappa shape index (κ1) is 21.8. The number of nitrogens with zero attached hydrogens (tertiary/aromatic N) is 1. The van der Waals surface area contributed by atoms with Crippen LogP contribution in [0.15, 0.2) is 66.7 Å². The summed E-state index contributed by atoms with van der Waals surface area (Å²) in [4.78, 5) is 28.1. The van der Waals surface area contributed by atoms with E-state index in [-0.39, 0.29) is 17.6 Å². The molecule has 1 aliphatic rings. The Kier molecular flexibility index (Phi) is 6.12. The van der Waals surface area contributed by atoms with E-state index in [0.29, 0.717) is 29.8 Å². The van der Waals surface area contributed by atoms with Crippen molar-refractivity contribution in [1.29, 1.82) is 0 Å². The van der Waals surface area contributed by atoms with Gasteiger partial charge < -0.3 is 10.0 Å². The van der Waals surface area contributed by atoms with E-state index < -0.39 is 5.60 Å². The minimum atomic E-state index is -1.09. The van der Waals surface area contributed by atoms with Gasteiger partial charge in [0.05, 0.1) is 0 Å². The van der Waals surface area contributed by atoms with Crippen LogP contribution in [0.5, 0.6) is 0 Å². The minimum Gasteiger partial charge on any atom is -0.378 e. The zero-order chi connectivity index (χ0) is 22.7. The highest BCUT2D eigenvalue weighted by molar-refractivity contribution is 6.02. The molecule has 3 aromatic carbocycles. The summed E-state index contributed by atoms with van der Waals surface area (Å²) in [5.41, 5.74) is 0.834. The summed E-state index contributed by atoms with van der Waals surface area (Å²) in [5, 5.41) is 12.0. The number of Topliss-reactive ketones (excluding diaryl/α,β-unsaturated/α-hetero) is 1. The highest BCUT2D eigenvalue weighted by Gasteiger charge is 2.29. The normalized spacial score (nSPS) is 16.3. The number of aliphatic hydroxyl groups is 1. The standard InChI is InChI=1S/C28H27NO3/c1-28(2,32)15-14-20-7-5-10-24(17-20)27(31)29-16-6-11-25(19-29)26(30)23-13-12-21-8-3-4-9-22(21)18-23/h3-5,7-10,12-13,17-18,25,32H,6,11,16,19H2,1-2H3. The number of likely N-dealkylation sites (tertiary alicyclic amines) is 1. The van der Waals surface area contributed by atoms with Gasteiger partial charge in [-0.05, 0) is 61.7 Å². The quantitative estimate of drug-likeness (QED) is 0.489. The van der Waals surface area contributed by atoms with E-state index in [1.165, 1.54) is 0 Å². The molecule has 1 aliphatic heterocycles. The van der Waals surface area contributed by atoms with E-state index in [0.717, 1.165) is 23.6 Å². The minimum absolute atomic E-state index is 0.0899. The van der Waals surface area contributed by atoms with Gasteiger partial charge >= 0.3 is 0 Å². The fourth-order valence-corrected chi connectivity index (χ4v) is 4.09.